The average molecular weight is 283 g/mol. The predicted molar refractivity (Wildman–Crippen MR) is 75.2 cm³/mol. The van der Waals surface area contributed by atoms with Crippen LogP contribution in [0.5, 0.6) is 0 Å². The van der Waals surface area contributed by atoms with E-state index in [0.717, 1.165) is 11.8 Å². The molecule has 104 valence electrons. The lowest BCUT2D eigenvalue weighted by Gasteiger charge is -2.30. The standard InChI is InChI=1S/C15H20ClFN2/c16-12-3-4-14(17)11(7-12)8-15(19-18)13-6-9-1-2-10(13)5-9/h3-4,7,9-10,13,15,19H,1-2,5-6,8,18H2. The van der Waals surface area contributed by atoms with Gasteiger partial charge in [-0.25, -0.2) is 4.39 Å². The number of rotatable bonds is 4. The Hall–Kier alpha value is -0.640. The van der Waals surface area contributed by atoms with E-state index >= 15 is 0 Å². The Morgan fingerprint density at radius 3 is 2.84 bits per heavy atom. The predicted octanol–water partition coefficient (Wildman–Crippen LogP) is 3.29. The van der Waals surface area contributed by atoms with Crippen molar-refractivity contribution in [3.8, 4) is 0 Å². The number of halogens is 2. The summed E-state index contributed by atoms with van der Waals surface area (Å²) in [6, 6.07) is 4.90. The summed E-state index contributed by atoms with van der Waals surface area (Å²) >= 11 is 5.95. The van der Waals surface area contributed by atoms with Gasteiger partial charge in [0.15, 0.2) is 0 Å². The summed E-state index contributed by atoms with van der Waals surface area (Å²) < 4.78 is 13.8. The number of benzene rings is 1. The van der Waals surface area contributed by atoms with Crippen molar-refractivity contribution in [1.29, 1.82) is 0 Å². The summed E-state index contributed by atoms with van der Waals surface area (Å²) in [7, 11) is 0. The van der Waals surface area contributed by atoms with Gasteiger partial charge in [0.2, 0.25) is 0 Å². The van der Waals surface area contributed by atoms with E-state index in [9.17, 15) is 4.39 Å². The SMILES string of the molecule is NNC(Cc1cc(Cl)ccc1F)C1CC2CCC1C2. The average Bonchev–Trinajstić information content (AvgIpc) is 3.02. The van der Waals surface area contributed by atoms with Crippen LogP contribution >= 0.6 is 11.6 Å². The van der Waals surface area contributed by atoms with Gasteiger partial charge < -0.3 is 0 Å². The molecule has 0 aromatic heterocycles. The Balaban J connectivity index is 1.74. The van der Waals surface area contributed by atoms with Gasteiger partial charge in [-0.3, -0.25) is 11.3 Å². The van der Waals surface area contributed by atoms with Crippen molar-refractivity contribution >= 4 is 11.6 Å². The molecule has 1 aromatic carbocycles. The van der Waals surface area contributed by atoms with E-state index in [2.05, 4.69) is 5.43 Å². The molecule has 0 radical (unpaired) electrons. The van der Waals surface area contributed by atoms with Crippen LogP contribution in [0.4, 0.5) is 4.39 Å². The molecule has 2 saturated carbocycles. The topological polar surface area (TPSA) is 38.0 Å². The fourth-order valence-electron chi connectivity index (χ4n) is 4.06. The minimum absolute atomic E-state index is 0.156. The molecule has 2 nitrogen and oxygen atoms in total. The third-order valence-electron chi connectivity index (χ3n) is 4.97. The van der Waals surface area contributed by atoms with E-state index in [0.29, 0.717) is 22.9 Å². The molecule has 2 aliphatic rings. The van der Waals surface area contributed by atoms with E-state index < -0.39 is 0 Å². The maximum Gasteiger partial charge on any atom is 0.126 e. The number of nitrogens with two attached hydrogens (primary N) is 1. The second-order valence-electron chi connectivity index (χ2n) is 6.05. The smallest absolute Gasteiger partial charge is 0.126 e. The van der Waals surface area contributed by atoms with E-state index in [1.54, 1.807) is 12.1 Å². The van der Waals surface area contributed by atoms with Crippen LogP contribution in [0.15, 0.2) is 18.2 Å². The normalized spacial score (nSPS) is 30.8. The number of hydrazine groups is 1. The molecule has 4 heteroatoms. The maximum absolute atomic E-state index is 13.8. The quantitative estimate of drug-likeness (QED) is 0.657. The molecule has 0 spiro atoms. The van der Waals surface area contributed by atoms with Gasteiger partial charge in [-0.2, -0.15) is 0 Å². The van der Waals surface area contributed by atoms with Gasteiger partial charge in [0.25, 0.3) is 0 Å². The zero-order valence-electron chi connectivity index (χ0n) is 10.9. The van der Waals surface area contributed by atoms with E-state index in [1.807, 2.05) is 0 Å². The highest BCUT2D eigenvalue weighted by Crippen LogP contribution is 2.49. The molecule has 3 rings (SSSR count). The van der Waals surface area contributed by atoms with E-state index in [1.165, 1.54) is 31.7 Å². The van der Waals surface area contributed by atoms with Crippen LogP contribution in [-0.2, 0) is 6.42 Å². The van der Waals surface area contributed by atoms with Crippen LogP contribution in [0.3, 0.4) is 0 Å². The first kappa shape index (κ1) is 13.3. The molecule has 0 heterocycles. The van der Waals surface area contributed by atoms with Gasteiger partial charge in [0, 0.05) is 11.1 Å². The van der Waals surface area contributed by atoms with Gasteiger partial charge in [-0.05, 0) is 67.2 Å². The van der Waals surface area contributed by atoms with Crippen molar-refractivity contribution in [2.75, 3.05) is 0 Å². The molecular weight excluding hydrogens is 263 g/mol. The van der Waals surface area contributed by atoms with Gasteiger partial charge >= 0.3 is 0 Å². The van der Waals surface area contributed by atoms with Crippen LogP contribution in [0.1, 0.15) is 31.2 Å². The number of hydrogen-bond donors (Lipinski definition) is 2. The maximum atomic E-state index is 13.8. The molecule has 4 unspecified atom stereocenters. The number of hydrogen-bond acceptors (Lipinski definition) is 2. The molecule has 0 amide bonds. The highest BCUT2D eigenvalue weighted by atomic mass is 35.5. The van der Waals surface area contributed by atoms with Gasteiger partial charge in [0.1, 0.15) is 5.82 Å². The fourth-order valence-corrected chi connectivity index (χ4v) is 4.25. The van der Waals surface area contributed by atoms with E-state index in [4.69, 9.17) is 17.4 Å². The molecule has 0 saturated heterocycles. The highest BCUT2D eigenvalue weighted by Gasteiger charge is 2.42. The van der Waals surface area contributed by atoms with Crippen molar-refractivity contribution in [1.82, 2.24) is 5.43 Å². The molecule has 2 bridgehead atoms. The number of nitrogens with one attached hydrogen (secondary N) is 1. The van der Waals surface area contributed by atoms with Crippen molar-refractivity contribution in [3.05, 3.63) is 34.6 Å². The number of fused-ring (bicyclic) bond motifs is 2. The minimum Gasteiger partial charge on any atom is -0.271 e. The second kappa shape index (κ2) is 5.39. The lowest BCUT2D eigenvalue weighted by molar-refractivity contribution is 0.247. The van der Waals surface area contributed by atoms with Gasteiger partial charge in [-0.1, -0.05) is 18.0 Å². The first-order chi connectivity index (χ1) is 9.17. The lowest BCUT2D eigenvalue weighted by atomic mass is 9.81. The molecule has 0 aliphatic heterocycles. The van der Waals surface area contributed by atoms with E-state index in [-0.39, 0.29) is 11.9 Å². The zero-order valence-corrected chi connectivity index (χ0v) is 11.7. The van der Waals surface area contributed by atoms with Crippen LogP contribution in [0.25, 0.3) is 0 Å². The zero-order chi connectivity index (χ0) is 13.4. The molecule has 4 atom stereocenters. The minimum atomic E-state index is -0.187. The molecule has 2 fully saturated rings. The molecule has 2 aliphatic carbocycles. The van der Waals surface area contributed by atoms with Crippen molar-refractivity contribution in [3.63, 3.8) is 0 Å². The second-order valence-corrected chi connectivity index (χ2v) is 6.49. The third kappa shape index (κ3) is 2.64. The van der Waals surface area contributed by atoms with Crippen molar-refractivity contribution < 1.29 is 4.39 Å². The Bertz CT molecular complexity index is 465. The van der Waals surface area contributed by atoms with Gasteiger partial charge in [0.05, 0.1) is 0 Å². The van der Waals surface area contributed by atoms with Gasteiger partial charge in [-0.15, -0.1) is 0 Å². The first-order valence-corrected chi connectivity index (χ1v) is 7.45. The Morgan fingerprint density at radius 1 is 1.37 bits per heavy atom. The summed E-state index contributed by atoms with van der Waals surface area (Å²) in [5, 5.41) is 0.583. The highest BCUT2D eigenvalue weighted by molar-refractivity contribution is 6.30. The molecule has 3 N–H and O–H groups in total. The van der Waals surface area contributed by atoms with Crippen LogP contribution in [-0.4, -0.2) is 6.04 Å². The molecular formula is C15H20ClFN2. The molecule has 1 aromatic rings. The van der Waals surface area contributed by atoms with Crippen molar-refractivity contribution in [2.24, 2.45) is 23.6 Å². The Morgan fingerprint density at radius 2 is 2.21 bits per heavy atom. The first-order valence-electron chi connectivity index (χ1n) is 7.07. The van der Waals surface area contributed by atoms with Crippen LogP contribution in [0.2, 0.25) is 5.02 Å². The summed E-state index contributed by atoms with van der Waals surface area (Å²) in [6.45, 7) is 0. The Labute approximate surface area is 118 Å². The molecule has 19 heavy (non-hydrogen) atoms. The monoisotopic (exact) mass is 282 g/mol. The van der Waals surface area contributed by atoms with Crippen LogP contribution < -0.4 is 11.3 Å². The largest absolute Gasteiger partial charge is 0.271 e. The lowest BCUT2D eigenvalue weighted by Crippen LogP contribution is -2.44. The Kier molecular flexibility index (Phi) is 3.79. The summed E-state index contributed by atoms with van der Waals surface area (Å²) in [4.78, 5) is 0. The summed E-state index contributed by atoms with van der Waals surface area (Å²) in [5.41, 5.74) is 3.58. The van der Waals surface area contributed by atoms with Crippen molar-refractivity contribution in [2.45, 2.75) is 38.1 Å². The third-order valence-corrected chi connectivity index (χ3v) is 5.21. The summed E-state index contributed by atoms with van der Waals surface area (Å²) in [6.07, 6.45) is 5.87. The summed E-state index contributed by atoms with van der Waals surface area (Å²) in [5.74, 6) is 7.75. The van der Waals surface area contributed by atoms with Crippen LogP contribution in [0, 0.1) is 23.6 Å². The fraction of sp³-hybridized carbons (Fsp3) is 0.600.